The maximum Gasteiger partial charge on any atom is 0.239 e. The molecule has 1 aliphatic heterocycles. The largest absolute Gasteiger partial charge is 0.497 e. The highest BCUT2D eigenvalue weighted by atomic mass is 32.2. The van der Waals surface area contributed by atoms with Crippen molar-refractivity contribution in [2.45, 2.75) is 31.3 Å². The van der Waals surface area contributed by atoms with E-state index in [4.69, 9.17) is 15.2 Å². The third-order valence-corrected chi connectivity index (χ3v) is 5.05. The second kappa shape index (κ2) is 9.77. The number of hydrogen-bond acceptors (Lipinski definition) is 6. The van der Waals surface area contributed by atoms with Gasteiger partial charge in [0.25, 0.3) is 0 Å². The molecule has 1 aliphatic rings. The van der Waals surface area contributed by atoms with E-state index in [1.165, 1.54) is 0 Å². The van der Waals surface area contributed by atoms with Crippen molar-refractivity contribution in [1.82, 2.24) is 4.90 Å². The molecule has 0 saturated carbocycles. The minimum atomic E-state index is -0.400. The second-order valence-corrected chi connectivity index (χ2v) is 7.24. The van der Waals surface area contributed by atoms with Gasteiger partial charge in [0.2, 0.25) is 5.91 Å². The lowest BCUT2D eigenvalue weighted by Gasteiger charge is -2.35. The zero-order chi connectivity index (χ0) is 18.2. The van der Waals surface area contributed by atoms with E-state index >= 15 is 0 Å². The number of carbonyl (C=O) groups excluding carboxylic acids is 1. The second-order valence-electron chi connectivity index (χ2n) is 6.26. The molecule has 1 amide bonds. The van der Waals surface area contributed by atoms with Crippen molar-refractivity contribution in [3.63, 3.8) is 0 Å². The predicted molar refractivity (Wildman–Crippen MR) is 104 cm³/mol. The summed E-state index contributed by atoms with van der Waals surface area (Å²) in [6, 6.07) is 5.51. The number of rotatable bonds is 8. The molecule has 1 heterocycles. The van der Waals surface area contributed by atoms with Gasteiger partial charge in [-0.05, 0) is 31.3 Å². The molecule has 0 spiro atoms. The third-order valence-electron chi connectivity index (χ3n) is 4.41. The van der Waals surface area contributed by atoms with E-state index in [1.807, 2.05) is 29.4 Å². The maximum absolute atomic E-state index is 12.5. The smallest absolute Gasteiger partial charge is 0.239 e. The fraction of sp³-hybridized carbons (Fsp3) is 0.611. The summed E-state index contributed by atoms with van der Waals surface area (Å²) in [7, 11) is 3.27. The van der Waals surface area contributed by atoms with Gasteiger partial charge in [0.1, 0.15) is 11.5 Å². The Kier molecular flexibility index (Phi) is 7.71. The molecule has 2 atom stereocenters. The minimum absolute atomic E-state index is 0.0590. The summed E-state index contributed by atoms with van der Waals surface area (Å²) in [6.07, 6.45) is 4.74. The summed E-state index contributed by atoms with van der Waals surface area (Å²) in [4.78, 5) is 14.4. The number of likely N-dealkylation sites (tertiary alicyclic amines) is 1. The van der Waals surface area contributed by atoms with Gasteiger partial charge in [-0.3, -0.25) is 4.79 Å². The molecule has 1 aromatic rings. The molecule has 0 aliphatic carbocycles. The zero-order valence-corrected chi connectivity index (χ0v) is 16.1. The number of carbonyl (C=O) groups is 1. The van der Waals surface area contributed by atoms with Crippen molar-refractivity contribution < 1.29 is 14.3 Å². The first-order valence-corrected chi connectivity index (χ1v) is 9.99. The Labute approximate surface area is 154 Å². The van der Waals surface area contributed by atoms with E-state index in [-0.39, 0.29) is 11.9 Å². The van der Waals surface area contributed by atoms with Crippen molar-refractivity contribution in [1.29, 1.82) is 0 Å². The molecule has 0 aromatic heterocycles. The van der Waals surface area contributed by atoms with Gasteiger partial charge >= 0.3 is 0 Å². The number of benzene rings is 1. The van der Waals surface area contributed by atoms with Gasteiger partial charge in [0.15, 0.2) is 0 Å². The van der Waals surface area contributed by atoms with Crippen LogP contribution in [0.15, 0.2) is 18.2 Å². The molecule has 25 heavy (non-hydrogen) atoms. The monoisotopic (exact) mass is 367 g/mol. The molecule has 0 radical (unpaired) electrons. The highest BCUT2D eigenvalue weighted by Crippen LogP contribution is 2.27. The van der Waals surface area contributed by atoms with Crippen molar-refractivity contribution in [2.24, 2.45) is 5.73 Å². The fourth-order valence-electron chi connectivity index (χ4n) is 3.02. The first-order valence-electron chi connectivity index (χ1n) is 8.60. The molecule has 3 N–H and O–H groups in total. The number of piperidine rings is 1. The molecule has 7 heteroatoms. The van der Waals surface area contributed by atoms with Crippen molar-refractivity contribution >= 4 is 23.4 Å². The highest BCUT2D eigenvalue weighted by molar-refractivity contribution is 7.98. The number of ether oxygens (including phenoxy) is 2. The molecule has 1 aromatic carbocycles. The number of methoxy groups -OCH3 is 2. The quantitative estimate of drug-likeness (QED) is 0.733. The van der Waals surface area contributed by atoms with Gasteiger partial charge < -0.3 is 25.4 Å². The van der Waals surface area contributed by atoms with Crippen LogP contribution in [0, 0.1) is 0 Å². The maximum atomic E-state index is 12.5. The van der Waals surface area contributed by atoms with Crippen LogP contribution in [0.4, 0.5) is 5.69 Å². The third kappa shape index (κ3) is 5.71. The van der Waals surface area contributed by atoms with Crippen molar-refractivity contribution in [2.75, 3.05) is 44.6 Å². The molecule has 2 rings (SSSR count). The predicted octanol–water partition coefficient (Wildman–Crippen LogP) is 2.19. The fourth-order valence-corrected chi connectivity index (χ4v) is 3.51. The van der Waals surface area contributed by atoms with E-state index in [0.717, 1.165) is 48.7 Å². The molecule has 140 valence electrons. The average molecular weight is 368 g/mol. The molecule has 2 unspecified atom stereocenters. The summed E-state index contributed by atoms with van der Waals surface area (Å²) in [5, 5.41) is 3.50. The average Bonchev–Trinajstić information content (AvgIpc) is 2.65. The summed E-state index contributed by atoms with van der Waals surface area (Å²) < 4.78 is 10.6. The molecule has 1 saturated heterocycles. The number of anilines is 1. The highest BCUT2D eigenvalue weighted by Gasteiger charge is 2.27. The van der Waals surface area contributed by atoms with Gasteiger partial charge in [-0.1, -0.05) is 0 Å². The van der Waals surface area contributed by atoms with E-state index in [1.54, 1.807) is 26.0 Å². The summed E-state index contributed by atoms with van der Waals surface area (Å²) in [5.74, 6) is 2.45. The Morgan fingerprint density at radius 3 is 2.64 bits per heavy atom. The van der Waals surface area contributed by atoms with Crippen LogP contribution in [0.3, 0.4) is 0 Å². The molecule has 1 fully saturated rings. The topological polar surface area (TPSA) is 76.8 Å². The lowest BCUT2D eigenvalue weighted by atomic mass is 10.0. The van der Waals surface area contributed by atoms with Crippen LogP contribution in [0.5, 0.6) is 11.5 Å². The van der Waals surface area contributed by atoms with Crippen molar-refractivity contribution in [3.8, 4) is 11.5 Å². The standard InChI is InChI=1S/C18H29N3O3S/c1-23-15-9-14(10-16(11-15)24-2)20-13-5-4-7-21(12-13)18(22)17(19)6-8-25-3/h9-11,13,17,20H,4-8,12,19H2,1-3H3. The van der Waals surface area contributed by atoms with Crippen LogP contribution >= 0.6 is 11.8 Å². The number of amides is 1. The Balaban J connectivity index is 1.98. The summed E-state index contributed by atoms with van der Waals surface area (Å²) in [5.41, 5.74) is 6.98. The van der Waals surface area contributed by atoms with Crippen molar-refractivity contribution in [3.05, 3.63) is 18.2 Å². The van der Waals surface area contributed by atoms with Crippen LogP contribution in [0.25, 0.3) is 0 Å². The van der Waals surface area contributed by atoms with Gasteiger partial charge in [-0.15, -0.1) is 0 Å². The molecule has 6 nitrogen and oxygen atoms in total. The van der Waals surface area contributed by atoms with Gasteiger partial charge in [-0.2, -0.15) is 11.8 Å². The van der Waals surface area contributed by atoms with E-state index in [2.05, 4.69) is 5.32 Å². The lowest BCUT2D eigenvalue weighted by molar-refractivity contribution is -0.133. The SMILES string of the molecule is COc1cc(NC2CCCN(C(=O)C(N)CCSC)C2)cc(OC)c1. The first-order chi connectivity index (χ1) is 12.1. The van der Waals surface area contributed by atoms with Crippen LogP contribution < -0.4 is 20.5 Å². The molecule has 0 bridgehead atoms. The Morgan fingerprint density at radius 2 is 2.04 bits per heavy atom. The summed E-state index contributed by atoms with van der Waals surface area (Å²) in [6.45, 7) is 1.46. The Morgan fingerprint density at radius 1 is 1.36 bits per heavy atom. The number of nitrogens with one attached hydrogen (secondary N) is 1. The van der Waals surface area contributed by atoms with E-state index in [9.17, 15) is 4.79 Å². The number of nitrogens with zero attached hydrogens (tertiary/aromatic N) is 1. The first kappa shape index (κ1) is 19.7. The van der Waals surface area contributed by atoms with Crippen LogP contribution in [0.2, 0.25) is 0 Å². The Hall–Kier alpha value is -1.60. The number of nitrogens with two attached hydrogens (primary N) is 1. The molecular weight excluding hydrogens is 338 g/mol. The van der Waals surface area contributed by atoms with Gasteiger partial charge in [0.05, 0.1) is 20.3 Å². The van der Waals surface area contributed by atoms with Crippen LogP contribution in [-0.4, -0.2) is 62.2 Å². The normalized spacial score (nSPS) is 18.6. The Bertz CT molecular complexity index is 548. The van der Waals surface area contributed by atoms with Gasteiger partial charge in [-0.25, -0.2) is 0 Å². The zero-order valence-electron chi connectivity index (χ0n) is 15.3. The van der Waals surface area contributed by atoms with E-state index in [0.29, 0.717) is 6.54 Å². The van der Waals surface area contributed by atoms with Crippen LogP contribution in [-0.2, 0) is 4.79 Å². The number of hydrogen-bond donors (Lipinski definition) is 2. The van der Waals surface area contributed by atoms with Gasteiger partial charge in [0, 0.05) is 43.0 Å². The number of thioether (sulfide) groups is 1. The minimum Gasteiger partial charge on any atom is -0.497 e. The lowest BCUT2D eigenvalue weighted by Crippen LogP contribution is -2.51. The summed E-state index contributed by atoms with van der Waals surface area (Å²) >= 11 is 1.72. The molecular formula is C18H29N3O3S. The van der Waals surface area contributed by atoms with E-state index < -0.39 is 6.04 Å². The van der Waals surface area contributed by atoms with Crippen LogP contribution in [0.1, 0.15) is 19.3 Å².